The summed E-state index contributed by atoms with van der Waals surface area (Å²) in [5, 5.41) is 2.70. The minimum absolute atomic E-state index is 0.175. The van der Waals surface area contributed by atoms with E-state index in [9.17, 15) is 9.18 Å². The number of nitrogens with one attached hydrogen (secondary N) is 1. The van der Waals surface area contributed by atoms with Gasteiger partial charge in [-0.25, -0.2) is 4.39 Å². The van der Waals surface area contributed by atoms with Crippen molar-refractivity contribution in [3.8, 4) is 5.75 Å². The quantitative estimate of drug-likeness (QED) is 0.658. The molecule has 2 aromatic rings. The maximum absolute atomic E-state index is 12.8. The molecular formula is C15H15FN2O2S. The van der Waals surface area contributed by atoms with Crippen LogP contribution in [-0.2, 0) is 4.79 Å². The maximum atomic E-state index is 12.8. The lowest BCUT2D eigenvalue weighted by molar-refractivity contribution is -0.113. The van der Waals surface area contributed by atoms with Gasteiger partial charge in [0.25, 0.3) is 0 Å². The molecular weight excluding hydrogens is 291 g/mol. The highest BCUT2D eigenvalue weighted by atomic mass is 32.2. The predicted octanol–water partition coefficient (Wildman–Crippen LogP) is 3.15. The smallest absolute Gasteiger partial charge is 0.234 e. The zero-order valence-corrected chi connectivity index (χ0v) is 12.2. The standard InChI is InChI=1S/C15H15FN2O2S/c1-20-13-8-11(17)4-7-14(13)21-9-15(19)18-12-5-2-10(16)3-6-12/h2-8H,9,17H2,1H3,(H,18,19). The van der Waals surface area contributed by atoms with Crippen molar-refractivity contribution >= 4 is 29.0 Å². The molecule has 0 radical (unpaired) electrons. The third-order valence-corrected chi connectivity index (χ3v) is 3.73. The zero-order chi connectivity index (χ0) is 15.2. The fourth-order valence-electron chi connectivity index (χ4n) is 1.68. The Kier molecular flexibility index (Phi) is 5.05. The number of hydrogen-bond acceptors (Lipinski definition) is 4. The summed E-state index contributed by atoms with van der Waals surface area (Å²) in [4.78, 5) is 12.7. The average molecular weight is 306 g/mol. The number of nitrogen functional groups attached to an aromatic ring is 1. The van der Waals surface area contributed by atoms with Crippen LogP contribution in [0.1, 0.15) is 0 Å². The molecule has 0 saturated carbocycles. The summed E-state index contributed by atoms with van der Waals surface area (Å²) in [6.45, 7) is 0. The molecule has 6 heteroatoms. The number of anilines is 2. The molecule has 2 rings (SSSR count). The zero-order valence-electron chi connectivity index (χ0n) is 11.4. The van der Waals surface area contributed by atoms with E-state index in [-0.39, 0.29) is 17.5 Å². The van der Waals surface area contributed by atoms with Gasteiger partial charge < -0.3 is 15.8 Å². The van der Waals surface area contributed by atoms with Crippen LogP contribution in [-0.4, -0.2) is 18.8 Å². The van der Waals surface area contributed by atoms with Gasteiger partial charge in [-0.3, -0.25) is 4.79 Å². The molecule has 0 saturated heterocycles. The first-order valence-electron chi connectivity index (χ1n) is 6.20. The number of methoxy groups -OCH3 is 1. The predicted molar refractivity (Wildman–Crippen MR) is 83.2 cm³/mol. The molecule has 0 spiro atoms. The van der Waals surface area contributed by atoms with E-state index in [0.717, 1.165) is 4.90 Å². The molecule has 3 N–H and O–H groups in total. The number of ether oxygens (including phenoxy) is 1. The average Bonchev–Trinajstić information content (AvgIpc) is 2.48. The second kappa shape index (κ2) is 6.99. The number of benzene rings is 2. The van der Waals surface area contributed by atoms with Crippen molar-refractivity contribution in [3.63, 3.8) is 0 Å². The molecule has 0 unspecified atom stereocenters. The molecule has 0 bridgehead atoms. The van der Waals surface area contributed by atoms with Crippen LogP contribution < -0.4 is 15.8 Å². The summed E-state index contributed by atoms with van der Waals surface area (Å²) >= 11 is 1.34. The second-order valence-electron chi connectivity index (χ2n) is 4.25. The highest BCUT2D eigenvalue weighted by Gasteiger charge is 2.08. The normalized spacial score (nSPS) is 10.2. The Hall–Kier alpha value is -2.21. The fraction of sp³-hybridized carbons (Fsp3) is 0.133. The molecule has 2 aromatic carbocycles. The number of rotatable bonds is 5. The van der Waals surface area contributed by atoms with E-state index in [1.807, 2.05) is 6.07 Å². The van der Waals surface area contributed by atoms with Crippen LogP contribution in [0.25, 0.3) is 0 Å². The van der Waals surface area contributed by atoms with Gasteiger partial charge in [-0.15, -0.1) is 11.8 Å². The number of carbonyl (C=O) groups excluding carboxylic acids is 1. The lowest BCUT2D eigenvalue weighted by Crippen LogP contribution is -2.14. The van der Waals surface area contributed by atoms with E-state index < -0.39 is 0 Å². The van der Waals surface area contributed by atoms with Crippen molar-refractivity contribution in [2.75, 3.05) is 23.9 Å². The number of carbonyl (C=O) groups is 1. The maximum Gasteiger partial charge on any atom is 0.234 e. The summed E-state index contributed by atoms with van der Waals surface area (Å²) in [6.07, 6.45) is 0. The Morgan fingerprint density at radius 1 is 1.29 bits per heavy atom. The van der Waals surface area contributed by atoms with E-state index in [1.165, 1.54) is 36.0 Å². The first-order valence-corrected chi connectivity index (χ1v) is 7.19. The summed E-state index contributed by atoms with van der Waals surface area (Å²) in [5.41, 5.74) is 6.84. The molecule has 0 aliphatic rings. The van der Waals surface area contributed by atoms with Crippen LogP contribution in [0.15, 0.2) is 47.4 Å². The van der Waals surface area contributed by atoms with Crippen LogP contribution in [0, 0.1) is 5.82 Å². The number of hydrogen-bond donors (Lipinski definition) is 2. The van der Waals surface area contributed by atoms with Crippen LogP contribution in [0.3, 0.4) is 0 Å². The van der Waals surface area contributed by atoms with Gasteiger partial charge in [0.15, 0.2) is 0 Å². The number of nitrogens with two attached hydrogens (primary N) is 1. The van der Waals surface area contributed by atoms with Crippen LogP contribution in [0.5, 0.6) is 5.75 Å². The first-order chi connectivity index (χ1) is 10.1. The van der Waals surface area contributed by atoms with Gasteiger partial charge in [0.2, 0.25) is 5.91 Å². The van der Waals surface area contributed by atoms with E-state index in [4.69, 9.17) is 10.5 Å². The van der Waals surface area contributed by atoms with Gasteiger partial charge >= 0.3 is 0 Å². The van der Waals surface area contributed by atoms with E-state index in [1.54, 1.807) is 19.2 Å². The van der Waals surface area contributed by atoms with Crippen LogP contribution in [0.2, 0.25) is 0 Å². The van der Waals surface area contributed by atoms with Crippen molar-refractivity contribution in [3.05, 3.63) is 48.3 Å². The molecule has 0 aliphatic heterocycles. The molecule has 0 fully saturated rings. The SMILES string of the molecule is COc1cc(N)ccc1SCC(=O)Nc1ccc(F)cc1. The van der Waals surface area contributed by atoms with Gasteiger partial charge in [0, 0.05) is 22.3 Å². The molecule has 110 valence electrons. The second-order valence-corrected chi connectivity index (χ2v) is 5.27. The monoisotopic (exact) mass is 306 g/mol. The van der Waals surface area contributed by atoms with Crippen molar-refractivity contribution in [1.82, 2.24) is 0 Å². The molecule has 0 heterocycles. The summed E-state index contributed by atoms with van der Waals surface area (Å²) < 4.78 is 18.0. The van der Waals surface area contributed by atoms with E-state index >= 15 is 0 Å². The van der Waals surface area contributed by atoms with Gasteiger partial charge in [0.05, 0.1) is 12.9 Å². The third kappa shape index (κ3) is 4.39. The molecule has 0 atom stereocenters. The highest BCUT2D eigenvalue weighted by molar-refractivity contribution is 8.00. The van der Waals surface area contributed by atoms with Gasteiger partial charge in [-0.05, 0) is 36.4 Å². The highest BCUT2D eigenvalue weighted by Crippen LogP contribution is 2.30. The van der Waals surface area contributed by atoms with Crippen LogP contribution >= 0.6 is 11.8 Å². The van der Waals surface area contributed by atoms with Gasteiger partial charge in [-0.2, -0.15) is 0 Å². The summed E-state index contributed by atoms with van der Waals surface area (Å²) in [5.74, 6) is 0.339. The number of thioether (sulfide) groups is 1. The van der Waals surface area contributed by atoms with Gasteiger partial charge in [0.1, 0.15) is 11.6 Å². The Bertz CT molecular complexity index is 632. The van der Waals surface area contributed by atoms with Crippen molar-refractivity contribution < 1.29 is 13.9 Å². The molecule has 4 nitrogen and oxygen atoms in total. The lowest BCUT2D eigenvalue weighted by Gasteiger charge is -2.09. The lowest BCUT2D eigenvalue weighted by atomic mass is 10.3. The van der Waals surface area contributed by atoms with Crippen molar-refractivity contribution in [2.24, 2.45) is 0 Å². The third-order valence-electron chi connectivity index (χ3n) is 2.67. The molecule has 0 aliphatic carbocycles. The van der Waals surface area contributed by atoms with Crippen molar-refractivity contribution in [1.29, 1.82) is 0 Å². The first kappa shape index (κ1) is 15.2. The Morgan fingerprint density at radius 3 is 2.67 bits per heavy atom. The van der Waals surface area contributed by atoms with Crippen LogP contribution in [0.4, 0.5) is 15.8 Å². The molecule has 21 heavy (non-hydrogen) atoms. The van der Waals surface area contributed by atoms with Crippen molar-refractivity contribution in [2.45, 2.75) is 4.90 Å². The topological polar surface area (TPSA) is 64.3 Å². The summed E-state index contributed by atoms with van der Waals surface area (Å²) in [7, 11) is 1.55. The van der Waals surface area contributed by atoms with Gasteiger partial charge in [-0.1, -0.05) is 0 Å². The minimum Gasteiger partial charge on any atom is -0.496 e. The Balaban J connectivity index is 1.93. The number of halogens is 1. The Morgan fingerprint density at radius 2 is 2.00 bits per heavy atom. The Labute approximate surface area is 126 Å². The largest absolute Gasteiger partial charge is 0.496 e. The minimum atomic E-state index is -0.339. The fourth-order valence-corrected chi connectivity index (χ4v) is 2.48. The molecule has 0 aromatic heterocycles. The van der Waals surface area contributed by atoms with E-state index in [2.05, 4.69) is 5.32 Å². The summed E-state index contributed by atoms with van der Waals surface area (Å²) in [6, 6.07) is 10.9. The number of amides is 1. The van der Waals surface area contributed by atoms with E-state index in [0.29, 0.717) is 17.1 Å². The molecule has 1 amide bonds.